The molecule has 2 heterocycles. The number of ether oxygens (including phenoxy) is 4. The summed E-state index contributed by atoms with van der Waals surface area (Å²) in [5.74, 6) is 4.72. The molecule has 0 bridgehead atoms. The van der Waals surface area contributed by atoms with Gasteiger partial charge in [-0.1, -0.05) is 26.3 Å². The number of hydrogen-bond donors (Lipinski definition) is 1. The molecular weight excluding hydrogens is 354 g/mol. The van der Waals surface area contributed by atoms with Crippen LogP contribution in [-0.2, 0) is 6.54 Å². The van der Waals surface area contributed by atoms with Crippen LogP contribution in [0.2, 0.25) is 0 Å². The lowest BCUT2D eigenvalue weighted by Gasteiger charge is -2.18. The van der Waals surface area contributed by atoms with Crippen molar-refractivity contribution in [2.45, 2.75) is 45.6 Å². The maximum atomic E-state index is 5.58. The smallest absolute Gasteiger partial charge is 0.231 e. The highest BCUT2D eigenvalue weighted by Gasteiger charge is 2.19. The van der Waals surface area contributed by atoms with E-state index in [4.69, 9.17) is 18.9 Å². The molecule has 150 valence electrons. The van der Waals surface area contributed by atoms with Crippen molar-refractivity contribution in [1.82, 2.24) is 0 Å². The summed E-state index contributed by atoms with van der Waals surface area (Å²) in [5, 5.41) is 2.38. The van der Waals surface area contributed by atoms with Crippen molar-refractivity contribution in [3.05, 3.63) is 47.5 Å². The average molecular weight is 384 g/mol. The van der Waals surface area contributed by atoms with E-state index in [1.165, 1.54) is 24.0 Å². The Morgan fingerprint density at radius 1 is 0.786 bits per heavy atom. The topological polar surface area (TPSA) is 53.5 Å². The van der Waals surface area contributed by atoms with Crippen molar-refractivity contribution in [2.75, 3.05) is 20.1 Å². The quantitative estimate of drug-likeness (QED) is 0.668. The number of rotatable bonds is 9. The van der Waals surface area contributed by atoms with Gasteiger partial charge in [0.15, 0.2) is 23.0 Å². The van der Waals surface area contributed by atoms with E-state index in [-0.39, 0.29) is 0 Å². The molecular formula is C23H30NO4+. The average Bonchev–Trinajstić information content (AvgIpc) is 3.35. The van der Waals surface area contributed by atoms with Gasteiger partial charge in [0, 0.05) is 12.0 Å². The van der Waals surface area contributed by atoms with Crippen LogP contribution < -0.4 is 24.3 Å². The lowest BCUT2D eigenvalue weighted by Crippen LogP contribution is -2.82. The molecule has 0 saturated heterocycles. The zero-order valence-electron chi connectivity index (χ0n) is 16.8. The Morgan fingerprint density at radius 2 is 1.46 bits per heavy atom. The van der Waals surface area contributed by atoms with Crippen molar-refractivity contribution >= 4 is 0 Å². The normalized spacial score (nSPS) is 15.2. The largest absolute Gasteiger partial charge is 0.454 e. The van der Waals surface area contributed by atoms with E-state index < -0.39 is 0 Å². The van der Waals surface area contributed by atoms with Crippen LogP contribution in [0.3, 0.4) is 0 Å². The number of benzene rings is 2. The Kier molecular flexibility index (Phi) is 5.91. The van der Waals surface area contributed by atoms with Gasteiger partial charge in [-0.15, -0.1) is 0 Å². The Bertz CT molecular complexity index is 805. The second-order valence-corrected chi connectivity index (χ2v) is 8.04. The first-order valence-corrected chi connectivity index (χ1v) is 10.3. The lowest BCUT2D eigenvalue weighted by molar-refractivity contribution is -0.671. The number of nitrogens with two attached hydrogens (primary N) is 1. The third kappa shape index (κ3) is 4.53. The van der Waals surface area contributed by atoms with Crippen molar-refractivity contribution in [1.29, 1.82) is 0 Å². The Balaban J connectivity index is 1.33. The minimum absolute atomic E-state index is 0.329. The minimum Gasteiger partial charge on any atom is -0.454 e. The van der Waals surface area contributed by atoms with E-state index in [1.807, 2.05) is 6.07 Å². The Labute approximate surface area is 166 Å². The Hall–Kier alpha value is -2.40. The zero-order chi connectivity index (χ0) is 19.3. The summed E-state index contributed by atoms with van der Waals surface area (Å²) in [6.45, 7) is 7.29. The predicted molar refractivity (Wildman–Crippen MR) is 107 cm³/mol. The lowest BCUT2D eigenvalue weighted by atomic mass is 9.88. The molecule has 5 nitrogen and oxygen atoms in total. The summed E-state index contributed by atoms with van der Waals surface area (Å²) >= 11 is 0. The van der Waals surface area contributed by atoms with Gasteiger partial charge in [0.1, 0.15) is 6.54 Å². The fourth-order valence-electron chi connectivity index (χ4n) is 3.83. The molecule has 2 N–H and O–H groups in total. The molecule has 2 aromatic rings. The van der Waals surface area contributed by atoms with Crippen LogP contribution in [0, 0.1) is 5.92 Å². The third-order valence-electron chi connectivity index (χ3n) is 5.50. The van der Waals surface area contributed by atoms with E-state index >= 15 is 0 Å². The molecule has 0 saturated carbocycles. The van der Waals surface area contributed by atoms with Crippen LogP contribution >= 0.6 is 0 Å². The van der Waals surface area contributed by atoms with Crippen LogP contribution in [0.4, 0.5) is 0 Å². The fraction of sp³-hybridized carbons (Fsp3) is 0.478. The monoisotopic (exact) mass is 384 g/mol. The van der Waals surface area contributed by atoms with Gasteiger partial charge < -0.3 is 24.3 Å². The minimum atomic E-state index is 0.329. The van der Waals surface area contributed by atoms with Crippen LogP contribution in [0.5, 0.6) is 23.0 Å². The molecule has 2 aliphatic rings. The molecule has 0 unspecified atom stereocenters. The van der Waals surface area contributed by atoms with Gasteiger partial charge in [0.05, 0.1) is 6.54 Å². The van der Waals surface area contributed by atoms with Gasteiger partial charge >= 0.3 is 0 Å². The first-order chi connectivity index (χ1) is 13.7. The molecule has 0 fully saturated rings. The molecule has 4 rings (SSSR count). The van der Waals surface area contributed by atoms with E-state index in [2.05, 4.69) is 49.5 Å². The number of hydrogen-bond acceptors (Lipinski definition) is 4. The third-order valence-corrected chi connectivity index (χ3v) is 5.50. The summed E-state index contributed by atoms with van der Waals surface area (Å²) in [6, 6.07) is 12.6. The number of fused-ring (bicyclic) bond motifs is 2. The molecule has 5 heteroatoms. The van der Waals surface area contributed by atoms with Gasteiger partial charge in [-0.05, 0) is 54.2 Å². The van der Waals surface area contributed by atoms with E-state index in [9.17, 15) is 0 Å². The maximum absolute atomic E-state index is 5.58. The molecule has 1 atom stereocenters. The maximum Gasteiger partial charge on any atom is 0.231 e. The summed E-state index contributed by atoms with van der Waals surface area (Å²) in [7, 11) is 0. The van der Waals surface area contributed by atoms with Crippen molar-refractivity contribution in [3.8, 4) is 23.0 Å². The van der Waals surface area contributed by atoms with E-state index in [1.54, 1.807) is 0 Å². The standard InChI is InChI=1S/C23H29NO4/c1-16(2)3-5-18(19-6-8-21-23(12-19)28-15-26-21)9-10-24-13-17-4-7-20-22(11-17)27-14-25-20/h4,6-8,11-12,16,18,24H,3,5,9-10,13-15H2,1-2H3/p+1/t18-/m0/s1. The highest BCUT2D eigenvalue weighted by Crippen LogP contribution is 2.37. The molecule has 0 spiro atoms. The van der Waals surface area contributed by atoms with Crippen LogP contribution in [0.15, 0.2) is 36.4 Å². The zero-order valence-corrected chi connectivity index (χ0v) is 16.8. The van der Waals surface area contributed by atoms with Gasteiger partial charge in [-0.25, -0.2) is 0 Å². The SMILES string of the molecule is CC(C)CC[C@@H](CC[NH2+]Cc1ccc2c(c1)OCO2)c1ccc2c(c1)OCO2. The first-order valence-electron chi connectivity index (χ1n) is 10.3. The molecule has 2 aromatic carbocycles. The van der Waals surface area contributed by atoms with Crippen molar-refractivity contribution in [3.63, 3.8) is 0 Å². The molecule has 2 aliphatic heterocycles. The highest BCUT2D eigenvalue weighted by molar-refractivity contribution is 5.45. The van der Waals surface area contributed by atoms with E-state index in [0.29, 0.717) is 25.4 Å². The predicted octanol–water partition coefficient (Wildman–Crippen LogP) is 3.82. The summed E-state index contributed by atoms with van der Waals surface area (Å²) in [5.41, 5.74) is 2.63. The highest BCUT2D eigenvalue weighted by atomic mass is 16.7. The summed E-state index contributed by atoms with van der Waals surface area (Å²) in [4.78, 5) is 0. The molecule has 0 aromatic heterocycles. The fourth-order valence-corrected chi connectivity index (χ4v) is 3.83. The molecule has 0 aliphatic carbocycles. The number of quaternary nitrogens is 1. The van der Waals surface area contributed by atoms with Crippen molar-refractivity contribution < 1.29 is 24.3 Å². The molecule has 0 amide bonds. The van der Waals surface area contributed by atoms with Gasteiger partial charge in [0.25, 0.3) is 0 Å². The van der Waals surface area contributed by atoms with Crippen LogP contribution in [0.1, 0.15) is 50.2 Å². The Morgan fingerprint density at radius 3 is 2.21 bits per heavy atom. The molecule has 0 radical (unpaired) electrons. The summed E-state index contributed by atoms with van der Waals surface area (Å²) < 4.78 is 21.9. The van der Waals surface area contributed by atoms with Crippen molar-refractivity contribution in [2.24, 2.45) is 5.92 Å². The second-order valence-electron chi connectivity index (χ2n) is 8.04. The van der Waals surface area contributed by atoms with Gasteiger partial charge in [-0.2, -0.15) is 0 Å². The summed E-state index contributed by atoms with van der Waals surface area (Å²) in [6.07, 6.45) is 3.59. The van der Waals surface area contributed by atoms with Gasteiger partial charge in [-0.3, -0.25) is 0 Å². The second kappa shape index (κ2) is 8.74. The first kappa shape index (κ1) is 18.9. The van der Waals surface area contributed by atoms with Gasteiger partial charge in [0.2, 0.25) is 13.6 Å². The molecule has 28 heavy (non-hydrogen) atoms. The van der Waals surface area contributed by atoms with E-state index in [0.717, 1.165) is 42.5 Å². The van der Waals surface area contributed by atoms with Crippen LogP contribution in [-0.4, -0.2) is 20.1 Å². The van der Waals surface area contributed by atoms with Crippen LogP contribution in [0.25, 0.3) is 0 Å².